The van der Waals surface area contributed by atoms with Crippen LogP contribution in [0, 0.1) is 0 Å². The normalized spacial score (nSPS) is 24.3. The molecule has 0 radical (unpaired) electrons. The van der Waals surface area contributed by atoms with E-state index in [-0.39, 0.29) is 10.7 Å². The first-order chi connectivity index (χ1) is 6.54. The summed E-state index contributed by atoms with van der Waals surface area (Å²) in [6.45, 7) is 4.07. The van der Waals surface area contributed by atoms with Crippen molar-refractivity contribution in [2.45, 2.75) is 19.9 Å². The van der Waals surface area contributed by atoms with Gasteiger partial charge in [0.1, 0.15) is 6.04 Å². The Labute approximate surface area is 83.4 Å². The van der Waals surface area contributed by atoms with E-state index in [0.717, 1.165) is 16.9 Å². The van der Waals surface area contributed by atoms with Crippen molar-refractivity contribution in [3.63, 3.8) is 0 Å². The SMILES string of the molecule is CC(C)[N+]1(N)N=Cc2ccc(N)cc21. The predicted molar refractivity (Wildman–Crippen MR) is 59.6 cm³/mol. The topological polar surface area (TPSA) is 64.4 Å². The Morgan fingerprint density at radius 2 is 2.07 bits per heavy atom. The van der Waals surface area contributed by atoms with Crippen LogP contribution in [-0.2, 0) is 0 Å². The van der Waals surface area contributed by atoms with Crippen LogP contribution in [0.5, 0.6) is 0 Å². The summed E-state index contributed by atoms with van der Waals surface area (Å²) in [5.41, 5.74) is 8.48. The highest BCUT2D eigenvalue weighted by Gasteiger charge is 2.37. The molecular formula is C10H15N4+. The van der Waals surface area contributed by atoms with E-state index in [1.165, 1.54) is 0 Å². The molecule has 4 N–H and O–H groups in total. The van der Waals surface area contributed by atoms with E-state index in [4.69, 9.17) is 11.6 Å². The van der Waals surface area contributed by atoms with Gasteiger partial charge in [0.05, 0.1) is 11.8 Å². The van der Waals surface area contributed by atoms with Crippen LogP contribution in [0.25, 0.3) is 0 Å². The Morgan fingerprint density at radius 3 is 2.71 bits per heavy atom. The standard InChI is InChI=1S/C10H15N4/c1-7(2)14(12)10-5-9(11)4-3-8(10)6-13-14/h3-7H,11-12H2,1-2H3/q+1. The minimum absolute atomic E-state index is 0.0976. The molecule has 0 saturated carbocycles. The molecule has 0 aromatic heterocycles. The second-order valence-electron chi connectivity index (χ2n) is 3.89. The largest absolute Gasteiger partial charge is 0.399 e. The highest BCUT2D eigenvalue weighted by atomic mass is 15.8. The van der Waals surface area contributed by atoms with E-state index in [0.29, 0.717) is 0 Å². The molecule has 14 heavy (non-hydrogen) atoms. The highest BCUT2D eigenvalue weighted by molar-refractivity contribution is 5.92. The van der Waals surface area contributed by atoms with Gasteiger partial charge >= 0.3 is 0 Å². The van der Waals surface area contributed by atoms with E-state index >= 15 is 0 Å². The molecule has 1 aromatic rings. The highest BCUT2D eigenvalue weighted by Crippen LogP contribution is 2.32. The van der Waals surface area contributed by atoms with Crippen molar-refractivity contribution >= 4 is 17.6 Å². The molecule has 1 unspecified atom stereocenters. The van der Waals surface area contributed by atoms with Crippen molar-refractivity contribution in [3.05, 3.63) is 23.8 Å². The molecule has 0 bridgehead atoms. The average molecular weight is 191 g/mol. The van der Waals surface area contributed by atoms with Crippen molar-refractivity contribution < 1.29 is 0 Å². The molecule has 4 heteroatoms. The number of nitrogens with two attached hydrogens (primary N) is 2. The molecule has 1 atom stereocenters. The van der Waals surface area contributed by atoms with Crippen LogP contribution in [0.1, 0.15) is 19.4 Å². The first-order valence-electron chi connectivity index (χ1n) is 4.67. The second-order valence-corrected chi connectivity index (χ2v) is 3.89. The number of anilines is 1. The zero-order valence-corrected chi connectivity index (χ0v) is 8.44. The summed E-state index contributed by atoms with van der Waals surface area (Å²) in [6, 6.07) is 5.90. The van der Waals surface area contributed by atoms with Gasteiger partial charge in [0.25, 0.3) is 0 Å². The third kappa shape index (κ3) is 1.12. The Hall–Kier alpha value is -1.39. The Bertz CT molecular complexity index is 397. The van der Waals surface area contributed by atoms with Gasteiger partial charge in [-0.25, -0.2) is 0 Å². The molecule has 4 nitrogen and oxygen atoms in total. The number of fused-ring (bicyclic) bond motifs is 1. The number of nitrogen functional groups attached to an aromatic ring is 1. The van der Waals surface area contributed by atoms with Crippen molar-refractivity contribution in [2.75, 3.05) is 5.73 Å². The Kier molecular flexibility index (Phi) is 1.83. The fourth-order valence-corrected chi connectivity index (χ4v) is 1.61. The minimum Gasteiger partial charge on any atom is -0.399 e. The summed E-state index contributed by atoms with van der Waals surface area (Å²) >= 11 is 0. The maximum absolute atomic E-state index is 6.17. The van der Waals surface area contributed by atoms with E-state index in [9.17, 15) is 0 Å². The summed E-state index contributed by atoms with van der Waals surface area (Å²) in [5.74, 6) is 6.17. The minimum atomic E-state index is 0.0976. The number of hydrogen-bond donors (Lipinski definition) is 2. The molecule has 0 spiro atoms. The molecule has 1 aliphatic rings. The maximum Gasteiger partial charge on any atom is 0.190 e. The van der Waals surface area contributed by atoms with E-state index in [1.807, 2.05) is 32.0 Å². The number of rotatable bonds is 1. The molecule has 0 fully saturated rings. The lowest BCUT2D eigenvalue weighted by Crippen LogP contribution is -2.54. The van der Waals surface area contributed by atoms with E-state index < -0.39 is 0 Å². The first-order valence-corrected chi connectivity index (χ1v) is 4.67. The predicted octanol–water partition coefficient (Wildman–Crippen LogP) is 1.21. The summed E-state index contributed by atoms with van der Waals surface area (Å²) in [7, 11) is 0. The quantitative estimate of drug-likeness (QED) is 0.398. The maximum atomic E-state index is 6.17. The van der Waals surface area contributed by atoms with E-state index in [1.54, 1.807) is 6.21 Å². The lowest BCUT2D eigenvalue weighted by atomic mass is 10.1. The van der Waals surface area contributed by atoms with Gasteiger partial charge in [0.15, 0.2) is 5.69 Å². The van der Waals surface area contributed by atoms with E-state index in [2.05, 4.69) is 5.10 Å². The van der Waals surface area contributed by atoms with Gasteiger partial charge in [-0.15, -0.1) is 5.84 Å². The van der Waals surface area contributed by atoms with Crippen LogP contribution in [0.4, 0.5) is 11.4 Å². The fourth-order valence-electron chi connectivity index (χ4n) is 1.61. The molecule has 0 saturated heterocycles. The molecule has 1 heterocycles. The number of nitrogens with zero attached hydrogens (tertiary/aromatic N) is 2. The van der Waals surface area contributed by atoms with Crippen LogP contribution in [0.15, 0.2) is 23.3 Å². The lowest BCUT2D eigenvalue weighted by molar-refractivity contribution is 0.246. The Morgan fingerprint density at radius 1 is 1.36 bits per heavy atom. The number of quaternary nitrogens is 1. The molecule has 0 amide bonds. The summed E-state index contributed by atoms with van der Waals surface area (Å²) in [4.78, 5) is 0. The van der Waals surface area contributed by atoms with Crippen LogP contribution >= 0.6 is 0 Å². The van der Waals surface area contributed by atoms with Crippen molar-refractivity contribution in [1.82, 2.24) is 4.70 Å². The average Bonchev–Trinajstić information content (AvgIpc) is 2.46. The van der Waals surface area contributed by atoms with Crippen LogP contribution in [0.2, 0.25) is 0 Å². The third-order valence-electron chi connectivity index (χ3n) is 2.62. The van der Waals surface area contributed by atoms with Gasteiger partial charge in [0, 0.05) is 11.8 Å². The van der Waals surface area contributed by atoms with Crippen molar-refractivity contribution in [1.29, 1.82) is 0 Å². The van der Waals surface area contributed by atoms with Gasteiger partial charge in [-0.05, 0) is 26.0 Å². The third-order valence-corrected chi connectivity index (χ3v) is 2.62. The summed E-state index contributed by atoms with van der Waals surface area (Å²) in [6.07, 6.45) is 1.80. The van der Waals surface area contributed by atoms with Gasteiger partial charge in [-0.2, -0.15) is 0 Å². The van der Waals surface area contributed by atoms with Crippen molar-refractivity contribution in [2.24, 2.45) is 10.9 Å². The van der Waals surface area contributed by atoms with Crippen LogP contribution < -0.4 is 16.3 Å². The summed E-state index contributed by atoms with van der Waals surface area (Å²) in [5, 5.41) is 4.31. The second kappa shape index (κ2) is 2.80. The molecule has 0 aliphatic carbocycles. The van der Waals surface area contributed by atoms with Gasteiger partial charge < -0.3 is 5.73 Å². The van der Waals surface area contributed by atoms with Crippen molar-refractivity contribution in [3.8, 4) is 0 Å². The molecule has 1 aliphatic heterocycles. The molecule has 2 rings (SSSR count). The van der Waals surface area contributed by atoms with Gasteiger partial charge in [-0.3, -0.25) is 0 Å². The molecule has 74 valence electrons. The lowest BCUT2D eigenvalue weighted by Gasteiger charge is -2.26. The number of hydrogen-bond acceptors (Lipinski definition) is 3. The zero-order chi connectivity index (χ0) is 10.3. The van der Waals surface area contributed by atoms with Gasteiger partial charge in [0.2, 0.25) is 0 Å². The van der Waals surface area contributed by atoms with Crippen LogP contribution in [0.3, 0.4) is 0 Å². The number of benzene rings is 1. The molecular weight excluding hydrogens is 176 g/mol. The Balaban J connectivity index is 2.57. The smallest absolute Gasteiger partial charge is 0.190 e. The molecule has 1 aromatic carbocycles. The van der Waals surface area contributed by atoms with Crippen LogP contribution in [-0.4, -0.2) is 12.3 Å². The van der Waals surface area contributed by atoms with Gasteiger partial charge in [-0.1, -0.05) is 9.80 Å². The fraction of sp³-hybridized carbons (Fsp3) is 0.300. The first kappa shape index (κ1) is 9.18. The summed E-state index contributed by atoms with van der Waals surface area (Å²) < 4.78 is 0.0976. The zero-order valence-electron chi connectivity index (χ0n) is 8.44. The monoisotopic (exact) mass is 191 g/mol.